The summed E-state index contributed by atoms with van der Waals surface area (Å²) in [4.78, 5) is 0. The molecular formula is C12H23N. The molecule has 2 fully saturated rings. The number of nitrogens with one attached hydrogen (secondary N) is 1. The Balaban J connectivity index is 1.68. The molecular weight excluding hydrogens is 158 g/mol. The van der Waals surface area contributed by atoms with Gasteiger partial charge in [0.25, 0.3) is 0 Å². The Labute approximate surface area is 82.3 Å². The predicted octanol–water partition coefficient (Wildman–Crippen LogP) is 2.95. The van der Waals surface area contributed by atoms with E-state index in [9.17, 15) is 0 Å². The van der Waals surface area contributed by atoms with Gasteiger partial charge in [-0.1, -0.05) is 19.8 Å². The maximum atomic E-state index is 3.73. The van der Waals surface area contributed by atoms with Crippen molar-refractivity contribution in [3.8, 4) is 0 Å². The highest BCUT2D eigenvalue weighted by molar-refractivity contribution is 4.91. The molecule has 2 rings (SSSR count). The highest BCUT2D eigenvalue weighted by Crippen LogP contribution is 2.44. The van der Waals surface area contributed by atoms with Crippen molar-refractivity contribution < 1.29 is 0 Å². The summed E-state index contributed by atoms with van der Waals surface area (Å²) in [6.07, 6.45) is 8.74. The zero-order valence-electron chi connectivity index (χ0n) is 9.10. The molecule has 1 atom stereocenters. The van der Waals surface area contributed by atoms with Crippen LogP contribution in [0.1, 0.15) is 52.4 Å². The van der Waals surface area contributed by atoms with Crippen LogP contribution >= 0.6 is 0 Å². The van der Waals surface area contributed by atoms with E-state index in [0.717, 1.165) is 12.0 Å². The second-order valence-corrected chi connectivity index (χ2v) is 5.52. The van der Waals surface area contributed by atoms with Crippen LogP contribution in [0.25, 0.3) is 0 Å². The van der Waals surface area contributed by atoms with Crippen molar-refractivity contribution in [1.29, 1.82) is 0 Å². The van der Waals surface area contributed by atoms with Crippen LogP contribution in [0.2, 0.25) is 0 Å². The first-order valence-corrected chi connectivity index (χ1v) is 5.93. The summed E-state index contributed by atoms with van der Waals surface area (Å²) in [5.74, 6) is 0.974. The van der Waals surface area contributed by atoms with Crippen molar-refractivity contribution in [3.05, 3.63) is 0 Å². The molecule has 0 aromatic carbocycles. The summed E-state index contributed by atoms with van der Waals surface area (Å²) in [6, 6.07) is 0.764. The topological polar surface area (TPSA) is 12.0 Å². The lowest BCUT2D eigenvalue weighted by atomic mass is 9.99. The first-order chi connectivity index (χ1) is 6.20. The molecule has 13 heavy (non-hydrogen) atoms. The minimum absolute atomic E-state index is 0.673. The molecule has 0 aromatic rings. The molecule has 0 radical (unpaired) electrons. The first-order valence-electron chi connectivity index (χ1n) is 5.93. The quantitative estimate of drug-likeness (QED) is 0.703. The smallest absolute Gasteiger partial charge is 0.00672 e. The second kappa shape index (κ2) is 3.61. The van der Waals surface area contributed by atoms with Crippen molar-refractivity contribution in [2.75, 3.05) is 6.54 Å². The Kier molecular flexibility index (Phi) is 2.64. The van der Waals surface area contributed by atoms with Gasteiger partial charge in [0.1, 0.15) is 0 Å². The highest BCUT2D eigenvalue weighted by atomic mass is 14.9. The van der Waals surface area contributed by atoms with Gasteiger partial charge in [0.15, 0.2) is 0 Å². The van der Waals surface area contributed by atoms with E-state index >= 15 is 0 Å². The molecule has 0 spiro atoms. The number of hydrogen-bond donors (Lipinski definition) is 1. The molecule has 2 saturated carbocycles. The summed E-state index contributed by atoms with van der Waals surface area (Å²) < 4.78 is 0. The number of hydrogen-bond acceptors (Lipinski definition) is 1. The van der Waals surface area contributed by atoms with Crippen molar-refractivity contribution in [3.63, 3.8) is 0 Å². The van der Waals surface area contributed by atoms with Gasteiger partial charge in [-0.3, -0.25) is 0 Å². The monoisotopic (exact) mass is 181 g/mol. The van der Waals surface area contributed by atoms with E-state index in [1.165, 1.54) is 45.1 Å². The molecule has 76 valence electrons. The third-order valence-corrected chi connectivity index (χ3v) is 4.06. The van der Waals surface area contributed by atoms with E-state index < -0.39 is 0 Å². The zero-order valence-corrected chi connectivity index (χ0v) is 9.10. The minimum atomic E-state index is 0.673. The van der Waals surface area contributed by atoms with Crippen molar-refractivity contribution in [2.45, 2.75) is 58.4 Å². The molecule has 1 N–H and O–H groups in total. The fraction of sp³-hybridized carbons (Fsp3) is 1.00. The van der Waals surface area contributed by atoms with Gasteiger partial charge in [0, 0.05) is 12.6 Å². The lowest BCUT2D eigenvalue weighted by molar-refractivity contribution is 0.352. The third kappa shape index (κ3) is 2.46. The van der Waals surface area contributed by atoms with Crippen LogP contribution in [-0.4, -0.2) is 12.6 Å². The predicted molar refractivity (Wildman–Crippen MR) is 56.8 cm³/mol. The van der Waals surface area contributed by atoms with Gasteiger partial charge in [-0.25, -0.2) is 0 Å². The molecule has 0 aromatic heterocycles. The van der Waals surface area contributed by atoms with Crippen molar-refractivity contribution >= 4 is 0 Å². The van der Waals surface area contributed by atoms with Crippen LogP contribution in [-0.2, 0) is 0 Å². The maximum Gasteiger partial charge on any atom is 0.00672 e. The molecule has 0 amide bonds. The van der Waals surface area contributed by atoms with E-state index in [4.69, 9.17) is 0 Å². The van der Waals surface area contributed by atoms with Crippen LogP contribution in [0.3, 0.4) is 0 Å². The lowest BCUT2D eigenvalue weighted by Gasteiger charge is -2.22. The Bertz CT molecular complexity index is 166. The lowest BCUT2D eigenvalue weighted by Crippen LogP contribution is -2.35. The van der Waals surface area contributed by atoms with E-state index in [0.29, 0.717) is 5.41 Å². The second-order valence-electron chi connectivity index (χ2n) is 5.52. The highest BCUT2D eigenvalue weighted by Gasteiger charge is 2.37. The minimum Gasteiger partial charge on any atom is -0.313 e. The average Bonchev–Trinajstić information content (AvgIpc) is 2.69. The van der Waals surface area contributed by atoms with Gasteiger partial charge in [0.05, 0.1) is 0 Å². The van der Waals surface area contributed by atoms with Crippen LogP contribution in [0.4, 0.5) is 0 Å². The first kappa shape index (κ1) is 9.51. The van der Waals surface area contributed by atoms with E-state index in [-0.39, 0.29) is 0 Å². The standard InChI is InChI=1S/C12H23N/c1-10(11-5-3-4-6-11)13-9-12(2)7-8-12/h10-11,13H,3-9H2,1-2H3. The van der Waals surface area contributed by atoms with Gasteiger partial charge >= 0.3 is 0 Å². The zero-order chi connectivity index (χ0) is 9.31. The van der Waals surface area contributed by atoms with Gasteiger partial charge in [0.2, 0.25) is 0 Å². The molecule has 1 unspecified atom stereocenters. The largest absolute Gasteiger partial charge is 0.313 e. The Morgan fingerprint density at radius 3 is 2.46 bits per heavy atom. The summed E-state index contributed by atoms with van der Waals surface area (Å²) in [6.45, 7) is 6.04. The van der Waals surface area contributed by atoms with Gasteiger partial charge in [-0.05, 0) is 43.9 Å². The summed E-state index contributed by atoms with van der Waals surface area (Å²) >= 11 is 0. The number of rotatable bonds is 4. The van der Waals surface area contributed by atoms with E-state index in [1.54, 1.807) is 0 Å². The molecule has 0 aliphatic heterocycles. The normalized spacial score (nSPS) is 29.1. The maximum absolute atomic E-state index is 3.73. The third-order valence-electron chi connectivity index (χ3n) is 4.06. The molecule has 0 heterocycles. The molecule has 0 bridgehead atoms. The molecule has 1 nitrogen and oxygen atoms in total. The molecule has 2 aliphatic carbocycles. The van der Waals surface area contributed by atoms with Crippen LogP contribution < -0.4 is 5.32 Å². The SMILES string of the molecule is CC(NCC1(C)CC1)C1CCCC1. The summed E-state index contributed by atoms with van der Waals surface area (Å²) in [5, 5.41) is 3.73. The van der Waals surface area contributed by atoms with Crippen LogP contribution in [0.5, 0.6) is 0 Å². The molecule has 2 aliphatic rings. The molecule has 0 saturated heterocycles. The van der Waals surface area contributed by atoms with Crippen LogP contribution in [0.15, 0.2) is 0 Å². The van der Waals surface area contributed by atoms with E-state index in [1.807, 2.05) is 0 Å². The Hall–Kier alpha value is -0.0400. The van der Waals surface area contributed by atoms with Gasteiger partial charge in [-0.2, -0.15) is 0 Å². The Morgan fingerprint density at radius 2 is 1.92 bits per heavy atom. The Morgan fingerprint density at radius 1 is 1.31 bits per heavy atom. The summed E-state index contributed by atoms with van der Waals surface area (Å²) in [5.41, 5.74) is 0.673. The summed E-state index contributed by atoms with van der Waals surface area (Å²) in [7, 11) is 0. The average molecular weight is 181 g/mol. The van der Waals surface area contributed by atoms with Crippen molar-refractivity contribution in [2.24, 2.45) is 11.3 Å². The van der Waals surface area contributed by atoms with Crippen LogP contribution in [0, 0.1) is 11.3 Å². The fourth-order valence-electron chi connectivity index (χ4n) is 2.42. The van der Waals surface area contributed by atoms with Crippen molar-refractivity contribution in [1.82, 2.24) is 5.32 Å². The molecule has 1 heteroatoms. The van der Waals surface area contributed by atoms with Gasteiger partial charge < -0.3 is 5.32 Å². The fourth-order valence-corrected chi connectivity index (χ4v) is 2.42. The van der Waals surface area contributed by atoms with E-state index in [2.05, 4.69) is 19.2 Å². The van der Waals surface area contributed by atoms with Gasteiger partial charge in [-0.15, -0.1) is 0 Å².